The summed E-state index contributed by atoms with van der Waals surface area (Å²) in [5, 5.41) is 5.42. The summed E-state index contributed by atoms with van der Waals surface area (Å²) >= 11 is 0. The van der Waals surface area contributed by atoms with Gasteiger partial charge in [-0.15, -0.1) is 0 Å². The number of carbonyl (C=O) groups is 2. The first-order chi connectivity index (χ1) is 13.6. The van der Waals surface area contributed by atoms with Gasteiger partial charge >= 0.3 is 6.18 Å². The van der Waals surface area contributed by atoms with Crippen molar-refractivity contribution in [1.82, 2.24) is 4.90 Å². The lowest BCUT2D eigenvalue weighted by Gasteiger charge is -2.16. The third-order valence-electron chi connectivity index (χ3n) is 3.92. The fourth-order valence-corrected chi connectivity index (χ4v) is 2.29. The number of nitrogens with one attached hydrogen (secondary N) is 2. The predicted octanol–water partition coefficient (Wildman–Crippen LogP) is 3.53. The Morgan fingerprint density at radius 2 is 1.72 bits per heavy atom. The van der Waals surface area contributed by atoms with Gasteiger partial charge in [0.15, 0.2) is 6.61 Å². The molecular formula is C20H22F3N3O3. The average Bonchev–Trinajstić information content (AvgIpc) is 2.64. The third kappa shape index (κ3) is 6.70. The summed E-state index contributed by atoms with van der Waals surface area (Å²) in [5.74, 6) is -0.235. The fraction of sp³-hybridized carbons (Fsp3) is 0.300. The van der Waals surface area contributed by atoms with Crippen LogP contribution in [0, 0.1) is 6.92 Å². The summed E-state index contributed by atoms with van der Waals surface area (Å²) in [4.78, 5) is 25.2. The largest absolute Gasteiger partial charge is 0.482 e. The molecule has 0 radical (unpaired) electrons. The number of alkyl halides is 3. The lowest BCUT2D eigenvalue weighted by atomic mass is 10.2. The molecule has 2 rings (SSSR count). The van der Waals surface area contributed by atoms with Gasteiger partial charge in [-0.25, -0.2) is 0 Å². The number of nitrogens with zero attached hydrogens (tertiary/aromatic N) is 1. The molecule has 2 amide bonds. The van der Waals surface area contributed by atoms with E-state index in [4.69, 9.17) is 4.74 Å². The summed E-state index contributed by atoms with van der Waals surface area (Å²) in [6, 6.07) is 9.45. The first-order valence-corrected chi connectivity index (χ1v) is 8.71. The van der Waals surface area contributed by atoms with Crippen LogP contribution < -0.4 is 15.4 Å². The highest BCUT2D eigenvalue weighted by Gasteiger charge is 2.29. The highest BCUT2D eigenvalue weighted by Crippen LogP contribution is 2.30. The SMILES string of the molecule is Cc1ccc(NCC(=O)Nc2ccc(C(F)(F)F)cc2)c(OCC(=O)N(C)C)c1. The van der Waals surface area contributed by atoms with Gasteiger partial charge in [0.1, 0.15) is 5.75 Å². The van der Waals surface area contributed by atoms with E-state index < -0.39 is 17.6 Å². The zero-order chi connectivity index (χ0) is 21.6. The summed E-state index contributed by atoms with van der Waals surface area (Å²) in [5.41, 5.74) is 0.894. The van der Waals surface area contributed by atoms with Crippen molar-refractivity contribution in [2.45, 2.75) is 13.1 Å². The predicted molar refractivity (Wildman–Crippen MR) is 104 cm³/mol. The number of hydrogen-bond donors (Lipinski definition) is 2. The van der Waals surface area contributed by atoms with Gasteiger partial charge in [0, 0.05) is 19.8 Å². The van der Waals surface area contributed by atoms with Crippen LogP contribution in [0.5, 0.6) is 5.75 Å². The quantitative estimate of drug-likeness (QED) is 0.734. The summed E-state index contributed by atoms with van der Waals surface area (Å²) in [6.07, 6.45) is -4.43. The maximum Gasteiger partial charge on any atom is 0.416 e. The van der Waals surface area contributed by atoms with Crippen LogP contribution in [0.3, 0.4) is 0 Å². The van der Waals surface area contributed by atoms with Gasteiger partial charge in [0.2, 0.25) is 5.91 Å². The normalized spacial score (nSPS) is 11.0. The van der Waals surface area contributed by atoms with Crippen molar-refractivity contribution in [3.8, 4) is 5.75 Å². The molecule has 0 heterocycles. The summed E-state index contributed by atoms with van der Waals surface area (Å²) < 4.78 is 43.3. The summed E-state index contributed by atoms with van der Waals surface area (Å²) in [6.45, 7) is 1.58. The molecule has 0 aliphatic heterocycles. The lowest BCUT2D eigenvalue weighted by Crippen LogP contribution is -2.28. The van der Waals surface area contributed by atoms with Gasteiger partial charge in [-0.05, 0) is 48.9 Å². The van der Waals surface area contributed by atoms with E-state index in [0.717, 1.165) is 17.7 Å². The van der Waals surface area contributed by atoms with Crippen molar-refractivity contribution >= 4 is 23.2 Å². The zero-order valence-electron chi connectivity index (χ0n) is 16.3. The maximum atomic E-state index is 12.6. The number of halogens is 3. The Kier molecular flexibility index (Phi) is 7.08. The van der Waals surface area contributed by atoms with Crippen LogP contribution in [-0.2, 0) is 15.8 Å². The van der Waals surface area contributed by atoms with E-state index in [2.05, 4.69) is 10.6 Å². The molecule has 0 aromatic heterocycles. The molecule has 6 nitrogen and oxygen atoms in total. The highest BCUT2D eigenvalue weighted by atomic mass is 19.4. The summed E-state index contributed by atoms with van der Waals surface area (Å²) in [7, 11) is 3.24. The van der Waals surface area contributed by atoms with Gasteiger partial charge in [-0.1, -0.05) is 6.07 Å². The molecule has 0 spiro atoms. The van der Waals surface area contributed by atoms with Crippen LogP contribution in [-0.4, -0.2) is 44.0 Å². The Balaban J connectivity index is 1.96. The van der Waals surface area contributed by atoms with Gasteiger partial charge in [0.25, 0.3) is 5.91 Å². The molecule has 0 bridgehead atoms. The number of rotatable bonds is 7. The van der Waals surface area contributed by atoms with E-state index >= 15 is 0 Å². The number of carbonyl (C=O) groups excluding carboxylic acids is 2. The topological polar surface area (TPSA) is 70.7 Å². The van der Waals surface area contributed by atoms with Crippen LogP contribution in [0.4, 0.5) is 24.5 Å². The molecule has 9 heteroatoms. The number of benzene rings is 2. The van der Waals surface area contributed by atoms with Crippen LogP contribution >= 0.6 is 0 Å². The molecule has 2 aromatic carbocycles. The highest BCUT2D eigenvalue weighted by molar-refractivity contribution is 5.94. The second kappa shape index (κ2) is 9.31. The molecule has 0 saturated heterocycles. The molecule has 29 heavy (non-hydrogen) atoms. The monoisotopic (exact) mass is 409 g/mol. The molecule has 0 saturated carbocycles. The Labute approximate surface area is 166 Å². The number of anilines is 2. The lowest BCUT2D eigenvalue weighted by molar-refractivity contribution is -0.137. The van der Waals surface area contributed by atoms with Crippen molar-refractivity contribution in [2.75, 3.05) is 37.9 Å². The number of ether oxygens (including phenoxy) is 1. The average molecular weight is 409 g/mol. The number of hydrogen-bond acceptors (Lipinski definition) is 4. The van der Waals surface area contributed by atoms with E-state index in [1.165, 1.54) is 17.0 Å². The Morgan fingerprint density at radius 1 is 1.07 bits per heavy atom. The Hall–Kier alpha value is -3.23. The molecule has 2 N–H and O–H groups in total. The van der Waals surface area contributed by atoms with Crippen molar-refractivity contribution in [3.05, 3.63) is 53.6 Å². The van der Waals surface area contributed by atoms with Crippen LogP contribution in [0.15, 0.2) is 42.5 Å². The Bertz CT molecular complexity index is 866. The first kappa shape index (κ1) is 22.1. The van der Waals surface area contributed by atoms with E-state index in [1.54, 1.807) is 26.2 Å². The molecule has 0 fully saturated rings. The molecular weight excluding hydrogens is 387 g/mol. The maximum absolute atomic E-state index is 12.6. The second-order valence-electron chi connectivity index (χ2n) is 6.55. The minimum atomic E-state index is -4.43. The van der Waals surface area contributed by atoms with E-state index in [-0.39, 0.29) is 24.7 Å². The molecule has 156 valence electrons. The van der Waals surface area contributed by atoms with Crippen molar-refractivity contribution in [2.24, 2.45) is 0 Å². The number of amides is 2. The molecule has 0 atom stereocenters. The Morgan fingerprint density at radius 3 is 2.31 bits per heavy atom. The minimum Gasteiger partial charge on any atom is -0.482 e. The molecule has 0 unspecified atom stereocenters. The van der Waals surface area contributed by atoms with Gasteiger partial charge in [-0.2, -0.15) is 13.2 Å². The second-order valence-corrected chi connectivity index (χ2v) is 6.55. The molecule has 2 aromatic rings. The van der Waals surface area contributed by atoms with Gasteiger partial charge in [0.05, 0.1) is 17.8 Å². The van der Waals surface area contributed by atoms with Crippen molar-refractivity contribution in [1.29, 1.82) is 0 Å². The van der Waals surface area contributed by atoms with Crippen LogP contribution in [0.1, 0.15) is 11.1 Å². The smallest absolute Gasteiger partial charge is 0.416 e. The first-order valence-electron chi connectivity index (χ1n) is 8.71. The van der Waals surface area contributed by atoms with Gasteiger partial charge < -0.3 is 20.3 Å². The third-order valence-corrected chi connectivity index (χ3v) is 3.92. The standard InChI is InChI=1S/C20H22F3N3O3/c1-13-4-9-16(17(10-13)29-12-19(28)26(2)3)24-11-18(27)25-15-7-5-14(6-8-15)20(21,22)23/h4-10,24H,11-12H2,1-3H3,(H,25,27). The zero-order valence-corrected chi connectivity index (χ0v) is 16.3. The molecule has 0 aliphatic rings. The van der Waals surface area contributed by atoms with Crippen molar-refractivity contribution < 1.29 is 27.5 Å². The number of aryl methyl sites for hydroxylation is 1. The van der Waals surface area contributed by atoms with Crippen LogP contribution in [0.25, 0.3) is 0 Å². The van der Waals surface area contributed by atoms with Crippen molar-refractivity contribution in [3.63, 3.8) is 0 Å². The van der Waals surface area contributed by atoms with E-state index in [9.17, 15) is 22.8 Å². The van der Waals surface area contributed by atoms with Gasteiger partial charge in [-0.3, -0.25) is 9.59 Å². The molecule has 0 aliphatic carbocycles. The van der Waals surface area contributed by atoms with Crippen LogP contribution in [0.2, 0.25) is 0 Å². The van der Waals surface area contributed by atoms with E-state index in [1.807, 2.05) is 13.0 Å². The fourth-order valence-electron chi connectivity index (χ4n) is 2.29. The number of likely N-dealkylation sites (N-methyl/N-ethyl adjacent to an activating group) is 1. The minimum absolute atomic E-state index is 0.137. The van der Waals surface area contributed by atoms with E-state index in [0.29, 0.717) is 11.4 Å².